The first-order valence-corrected chi connectivity index (χ1v) is 8.53. The summed E-state index contributed by atoms with van der Waals surface area (Å²) in [7, 11) is 2.03. The van der Waals surface area contributed by atoms with Gasteiger partial charge in [0.15, 0.2) is 0 Å². The number of carbonyl (C=O) groups excluding carboxylic acids is 3. The molecule has 1 saturated heterocycles. The second-order valence-corrected chi connectivity index (χ2v) is 6.27. The highest BCUT2D eigenvalue weighted by Crippen LogP contribution is 2.17. The highest BCUT2D eigenvalue weighted by molar-refractivity contribution is 5.89. The molecular formula is C18H26N4O3. The van der Waals surface area contributed by atoms with Gasteiger partial charge in [-0.15, -0.1) is 0 Å². The van der Waals surface area contributed by atoms with Crippen LogP contribution in [0.25, 0.3) is 0 Å². The third kappa shape index (κ3) is 5.86. The van der Waals surface area contributed by atoms with Crippen molar-refractivity contribution in [2.75, 3.05) is 39.8 Å². The van der Waals surface area contributed by atoms with E-state index in [1.807, 2.05) is 37.4 Å². The van der Waals surface area contributed by atoms with E-state index in [0.717, 1.165) is 18.7 Å². The van der Waals surface area contributed by atoms with Gasteiger partial charge < -0.3 is 20.4 Å². The van der Waals surface area contributed by atoms with Gasteiger partial charge in [-0.05, 0) is 12.6 Å². The molecule has 3 amide bonds. The van der Waals surface area contributed by atoms with E-state index in [4.69, 9.17) is 0 Å². The van der Waals surface area contributed by atoms with Gasteiger partial charge in [-0.3, -0.25) is 14.4 Å². The summed E-state index contributed by atoms with van der Waals surface area (Å²) in [5, 5.41) is 5.41. The number of carbonyl (C=O) groups is 3. The number of nitrogens with one attached hydrogen (secondary N) is 2. The Labute approximate surface area is 148 Å². The van der Waals surface area contributed by atoms with Gasteiger partial charge in [0.05, 0.1) is 0 Å². The molecule has 1 heterocycles. The Hall–Kier alpha value is -2.41. The zero-order valence-electron chi connectivity index (χ0n) is 14.8. The van der Waals surface area contributed by atoms with Gasteiger partial charge in [-0.2, -0.15) is 0 Å². The largest absolute Gasteiger partial charge is 0.356 e. The van der Waals surface area contributed by atoms with Crippen molar-refractivity contribution in [2.45, 2.75) is 19.4 Å². The summed E-state index contributed by atoms with van der Waals surface area (Å²) in [6.07, 6.45) is 0.138. The molecule has 0 aromatic heterocycles. The van der Waals surface area contributed by atoms with E-state index in [-0.39, 0.29) is 30.7 Å². The molecule has 1 fully saturated rings. The standard InChI is InChI=1S/C18H26N4O3/c1-14(23)19-9-8-16(24)20-17(15-6-4-3-5-7-15)18(25)22-12-10-21(2)11-13-22/h3-7,17H,8-13H2,1-2H3,(H,19,23)(H,20,24). The highest BCUT2D eigenvalue weighted by atomic mass is 16.2. The molecule has 0 saturated carbocycles. The molecule has 1 aromatic rings. The van der Waals surface area contributed by atoms with Crippen molar-refractivity contribution >= 4 is 17.7 Å². The second-order valence-electron chi connectivity index (χ2n) is 6.27. The second kappa shape index (κ2) is 9.17. The number of piperazine rings is 1. The summed E-state index contributed by atoms with van der Waals surface area (Å²) < 4.78 is 0. The van der Waals surface area contributed by atoms with E-state index in [1.165, 1.54) is 6.92 Å². The fourth-order valence-electron chi connectivity index (χ4n) is 2.73. The van der Waals surface area contributed by atoms with Gasteiger partial charge in [0.25, 0.3) is 0 Å². The molecule has 1 aliphatic rings. The quantitative estimate of drug-likeness (QED) is 0.768. The van der Waals surface area contributed by atoms with Gasteiger partial charge in [-0.25, -0.2) is 0 Å². The van der Waals surface area contributed by atoms with E-state index in [9.17, 15) is 14.4 Å². The van der Waals surface area contributed by atoms with Crippen LogP contribution in [0.1, 0.15) is 24.9 Å². The first kappa shape index (κ1) is 18.9. The van der Waals surface area contributed by atoms with Crippen LogP contribution in [-0.2, 0) is 14.4 Å². The highest BCUT2D eigenvalue weighted by Gasteiger charge is 2.29. The predicted octanol–water partition coefficient (Wildman–Crippen LogP) is 0.144. The van der Waals surface area contributed by atoms with E-state index >= 15 is 0 Å². The number of hydrogen-bond donors (Lipinski definition) is 2. The summed E-state index contributed by atoms with van der Waals surface area (Å²) in [5.41, 5.74) is 0.763. The maximum atomic E-state index is 12.9. The number of amides is 3. The lowest BCUT2D eigenvalue weighted by Crippen LogP contribution is -2.51. The third-order valence-electron chi connectivity index (χ3n) is 4.23. The van der Waals surface area contributed by atoms with Crippen molar-refractivity contribution in [3.05, 3.63) is 35.9 Å². The molecule has 136 valence electrons. The number of benzene rings is 1. The van der Waals surface area contributed by atoms with Gasteiger partial charge in [0, 0.05) is 46.1 Å². The van der Waals surface area contributed by atoms with Crippen molar-refractivity contribution in [2.24, 2.45) is 0 Å². The minimum absolute atomic E-state index is 0.0906. The van der Waals surface area contributed by atoms with Crippen LogP contribution in [0.5, 0.6) is 0 Å². The Balaban J connectivity index is 2.04. The number of nitrogens with zero attached hydrogens (tertiary/aromatic N) is 2. The van der Waals surface area contributed by atoms with Crippen molar-refractivity contribution in [3.8, 4) is 0 Å². The Bertz CT molecular complexity index is 598. The first-order valence-electron chi connectivity index (χ1n) is 8.53. The fraction of sp³-hybridized carbons (Fsp3) is 0.500. The van der Waals surface area contributed by atoms with Crippen molar-refractivity contribution in [1.82, 2.24) is 20.4 Å². The minimum atomic E-state index is -0.700. The summed E-state index contributed by atoms with van der Waals surface area (Å²) >= 11 is 0. The van der Waals surface area contributed by atoms with Gasteiger partial charge in [0.1, 0.15) is 6.04 Å². The number of rotatable bonds is 6. The lowest BCUT2D eigenvalue weighted by atomic mass is 10.0. The Morgan fingerprint density at radius 1 is 1.08 bits per heavy atom. The minimum Gasteiger partial charge on any atom is -0.356 e. The van der Waals surface area contributed by atoms with Crippen molar-refractivity contribution < 1.29 is 14.4 Å². The summed E-state index contributed by atoms with van der Waals surface area (Å²) in [5.74, 6) is -0.529. The Morgan fingerprint density at radius 2 is 1.72 bits per heavy atom. The molecule has 2 rings (SSSR count). The molecule has 0 radical (unpaired) electrons. The molecule has 0 aliphatic carbocycles. The lowest BCUT2D eigenvalue weighted by Gasteiger charge is -2.35. The molecule has 7 nitrogen and oxygen atoms in total. The topological polar surface area (TPSA) is 81.8 Å². The summed E-state index contributed by atoms with van der Waals surface area (Å²) in [4.78, 5) is 40.0. The van der Waals surface area contributed by atoms with E-state index in [1.54, 1.807) is 4.90 Å². The monoisotopic (exact) mass is 346 g/mol. The molecule has 7 heteroatoms. The summed E-state index contributed by atoms with van der Waals surface area (Å²) in [6.45, 7) is 4.61. The molecule has 0 spiro atoms. The smallest absolute Gasteiger partial charge is 0.249 e. The van der Waals surface area contributed by atoms with Crippen molar-refractivity contribution in [3.63, 3.8) is 0 Å². The van der Waals surface area contributed by atoms with Crippen LogP contribution < -0.4 is 10.6 Å². The molecule has 2 N–H and O–H groups in total. The van der Waals surface area contributed by atoms with E-state index in [2.05, 4.69) is 15.5 Å². The van der Waals surface area contributed by atoms with Gasteiger partial charge in [0.2, 0.25) is 17.7 Å². The number of likely N-dealkylation sites (N-methyl/N-ethyl adjacent to an activating group) is 1. The average molecular weight is 346 g/mol. The van der Waals surface area contributed by atoms with Gasteiger partial charge >= 0.3 is 0 Å². The Morgan fingerprint density at radius 3 is 2.32 bits per heavy atom. The van der Waals surface area contributed by atoms with Crippen LogP contribution in [0.4, 0.5) is 0 Å². The molecule has 1 atom stereocenters. The van der Waals surface area contributed by atoms with Crippen LogP contribution in [0, 0.1) is 0 Å². The zero-order chi connectivity index (χ0) is 18.2. The predicted molar refractivity (Wildman–Crippen MR) is 94.7 cm³/mol. The zero-order valence-corrected chi connectivity index (χ0v) is 14.8. The van der Waals surface area contributed by atoms with Gasteiger partial charge in [-0.1, -0.05) is 30.3 Å². The van der Waals surface area contributed by atoms with E-state index in [0.29, 0.717) is 13.1 Å². The molecule has 1 unspecified atom stereocenters. The molecular weight excluding hydrogens is 320 g/mol. The van der Waals surface area contributed by atoms with Crippen LogP contribution in [0.15, 0.2) is 30.3 Å². The average Bonchev–Trinajstić information content (AvgIpc) is 2.60. The van der Waals surface area contributed by atoms with Crippen LogP contribution in [-0.4, -0.2) is 67.3 Å². The number of hydrogen-bond acceptors (Lipinski definition) is 4. The molecule has 1 aliphatic heterocycles. The Kier molecular flexibility index (Phi) is 6.94. The lowest BCUT2D eigenvalue weighted by molar-refractivity contribution is -0.138. The maximum absolute atomic E-state index is 12.9. The molecule has 25 heavy (non-hydrogen) atoms. The van der Waals surface area contributed by atoms with Crippen LogP contribution >= 0.6 is 0 Å². The first-order chi connectivity index (χ1) is 12.0. The van der Waals surface area contributed by atoms with Crippen LogP contribution in [0.2, 0.25) is 0 Å². The maximum Gasteiger partial charge on any atom is 0.249 e. The summed E-state index contributed by atoms with van der Waals surface area (Å²) in [6, 6.07) is 8.56. The van der Waals surface area contributed by atoms with E-state index < -0.39 is 6.04 Å². The fourth-order valence-corrected chi connectivity index (χ4v) is 2.73. The molecule has 0 bridgehead atoms. The van der Waals surface area contributed by atoms with Crippen LogP contribution in [0.3, 0.4) is 0 Å². The third-order valence-corrected chi connectivity index (χ3v) is 4.23. The van der Waals surface area contributed by atoms with Crippen molar-refractivity contribution in [1.29, 1.82) is 0 Å². The SMILES string of the molecule is CC(=O)NCCC(=O)NC(C(=O)N1CCN(C)CC1)c1ccccc1. The molecule has 1 aromatic carbocycles. The normalized spacial score (nSPS) is 16.2.